The Kier molecular flexibility index (Phi) is 5.44. The lowest BCUT2D eigenvalue weighted by molar-refractivity contribution is -0.385. The van der Waals surface area contributed by atoms with Crippen LogP contribution in [0.15, 0.2) is 45.3 Å². The van der Waals surface area contributed by atoms with E-state index in [1.165, 1.54) is 18.2 Å². The van der Waals surface area contributed by atoms with Crippen molar-refractivity contribution in [2.45, 2.75) is 13.1 Å². The van der Waals surface area contributed by atoms with Crippen molar-refractivity contribution in [2.75, 3.05) is 0 Å². The first kappa shape index (κ1) is 16.1. The number of hydrogen-bond acceptors (Lipinski definition) is 3. The topological polar surface area (TPSA) is 55.2 Å². The molecule has 110 valence electrons. The average molecular weight is 418 g/mol. The van der Waals surface area contributed by atoms with Crippen LogP contribution in [0.25, 0.3) is 0 Å². The second-order valence-corrected chi connectivity index (χ2v) is 6.09. The summed E-state index contributed by atoms with van der Waals surface area (Å²) in [6.07, 6.45) is 0. The van der Waals surface area contributed by atoms with Gasteiger partial charge in [-0.3, -0.25) is 10.1 Å². The summed E-state index contributed by atoms with van der Waals surface area (Å²) in [5, 5.41) is 14.0. The van der Waals surface area contributed by atoms with Crippen molar-refractivity contribution in [1.29, 1.82) is 0 Å². The molecule has 21 heavy (non-hydrogen) atoms. The van der Waals surface area contributed by atoms with E-state index in [2.05, 4.69) is 37.2 Å². The zero-order valence-electron chi connectivity index (χ0n) is 10.8. The van der Waals surface area contributed by atoms with Crippen molar-refractivity contribution in [3.8, 4) is 0 Å². The second-order valence-electron chi connectivity index (χ2n) is 4.38. The van der Waals surface area contributed by atoms with Gasteiger partial charge in [-0.25, -0.2) is 4.39 Å². The maximum atomic E-state index is 13.2. The van der Waals surface area contributed by atoms with Gasteiger partial charge < -0.3 is 5.32 Å². The fourth-order valence-electron chi connectivity index (χ4n) is 1.83. The highest BCUT2D eigenvalue weighted by Crippen LogP contribution is 2.25. The van der Waals surface area contributed by atoms with E-state index in [9.17, 15) is 14.5 Å². The molecular weight excluding hydrogens is 407 g/mol. The third-order valence-electron chi connectivity index (χ3n) is 2.86. The third kappa shape index (κ3) is 4.33. The molecule has 0 spiro atoms. The third-order valence-corrected chi connectivity index (χ3v) is 4.30. The summed E-state index contributed by atoms with van der Waals surface area (Å²) in [5.41, 5.74) is 1.61. The van der Waals surface area contributed by atoms with E-state index in [-0.39, 0.29) is 11.5 Å². The molecule has 0 aliphatic rings. The first-order valence-corrected chi connectivity index (χ1v) is 7.63. The molecule has 1 N–H and O–H groups in total. The summed E-state index contributed by atoms with van der Waals surface area (Å²) in [4.78, 5) is 10.4. The average Bonchev–Trinajstić information content (AvgIpc) is 2.44. The summed E-state index contributed by atoms with van der Waals surface area (Å²) < 4.78 is 14.4. The number of nitro groups is 1. The standard InChI is InChI=1S/C14H11Br2FN2O2/c15-12-4-2-11(17)6-10(12)8-18-7-9-1-3-13(16)14(5-9)19(20)21/h1-6,18H,7-8H2. The SMILES string of the molecule is O=[N+]([O-])c1cc(CNCc2cc(F)ccc2Br)ccc1Br. The van der Waals surface area contributed by atoms with Gasteiger partial charge in [0, 0.05) is 23.6 Å². The Hall–Kier alpha value is -1.31. The van der Waals surface area contributed by atoms with E-state index in [4.69, 9.17) is 0 Å². The van der Waals surface area contributed by atoms with Crippen LogP contribution < -0.4 is 5.32 Å². The molecule has 2 aromatic carbocycles. The van der Waals surface area contributed by atoms with Gasteiger partial charge in [0.2, 0.25) is 0 Å². The number of rotatable bonds is 5. The Morgan fingerprint density at radius 1 is 1.10 bits per heavy atom. The maximum Gasteiger partial charge on any atom is 0.283 e. The Balaban J connectivity index is 2.02. The lowest BCUT2D eigenvalue weighted by Gasteiger charge is -2.08. The van der Waals surface area contributed by atoms with Gasteiger partial charge in [-0.15, -0.1) is 0 Å². The summed E-state index contributed by atoms with van der Waals surface area (Å²) in [6.45, 7) is 0.916. The molecule has 0 heterocycles. The number of nitrogens with zero attached hydrogens (tertiary/aromatic N) is 1. The van der Waals surface area contributed by atoms with Crippen LogP contribution >= 0.6 is 31.9 Å². The fraction of sp³-hybridized carbons (Fsp3) is 0.143. The van der Waals surface area contributed by atoms with Crippen LogP contribution in [0.1, 0.15) is 11.1 Å². The summed E-state index contributed by atoms with van der Waals surface area (Å²) in [6, 6.07) is 9.43. The van der Waals surface area contributed by atoms with Gasteiger partial charge in [-0.2, -0.15) is 0 Å². The molecule has 0 atom stereocenters. The molecule has 0 radical (unpaired) electrons. The molecule has 0 bridgehead atoms. The van der Waals surface area contributed by atoms with Crippen LogP contribution in [0.2, 0.25) is 0 Å². The van der Waals surface area contributed by atoms with Gasteiger partial charge in [0.05, 0.1) is 9.40 Å². The quantitative estimate of drug-likeness (QED) is 0.573. The van der Waals surface area contributed by atoms with Gasteiger partial charge in [0.1, 0.15) is 5.82 Å². The van der Waals surface area contributed by atoms with Crippen LogP contribution in [0, 0.1) is 15.9 Å². The largest absolute Gasteiger partial charge is 0.309 e. The number of halogens is 3. The molecule has 0 aromatic heterocycles. The molecular formula is C14H11Br2FN2O2. The maximum absolute atomic E-state index is 13.2. The van der Waals surface area contributed by atoms with Crippen LogP contribution in [0.4, 0.5) is 10.1 Å². The van der Waals surface area contributed by atoms with Gasteiger partial charge in [0.15, 0.2) is 0 Å². The zero-order valence-corrected chi connectivity index (χ0v) is 13.9. The van der Waals surface area contributed by atoms with Gasteiger partial charge in [0.25, 0.3) is 5.69 Å². The molecule has 2 aromatic rings. The van der Waals surface area contributed by atoms with E-state index in [1.54, 1.807) is 18.2 Å². The molecule has 0 aliphatic carbocycles. The molecule has 7 heteroatoms. The smallest absolute Gasteiger partial charge is 0.283 e. The lowest BCUT2D eigenvalue weighted by Crippen LogP contribution is -2.13. The monoisotopic (exact) mass is 416 g/mol. The van der Waals surface area contributed by atoms with Gasteiger partial charge in [-0.05, 0) is 51.3 Å². The molecule has 0 aliphatic heterocycles. The van der Waals surface area contributed by atoms with Crippen LogP contribution in [0.3, 0.4) is 0 Å². The zero-order chi connectivity index (χ0) is 15.4. The normalized spacial score (nSPS) is 10.6. The Bertz CT molecular complexity index is 680. The molecule has 0 fully saturated rings. The van der Waals surface area contributed by atoms with Gasteiger partial charge in [-0.1, -0.05) is 22.0 Å². The first-order chi connectivity index (χ1) is 9.97. The predicted octanol–water partition coefficient (Wildman–Crippen LogP) is 4.55. The number of nitrogens with one attached hydrogen (secondary N) is 1. The molecule has 0 unspecified atom stereocenters. The summed E-state index contributed by atoms with van der Waals surface area (Å²) >= 11 is 6.50. The highest BCUT2D eigenvalue weighted by molar-refractivity contribution is 9.10. The molecule has 2 rings (SSSR count). The molecule has 0 amide bonds. The van der Waals surface area contributed by atoms with Crippen molar-refractivity contribution < 1.29 is 9.31 Å². The van der Waals surface area contributed by atoms with Crippen LogP contribution in [0.5, 0.6) is 0 Å². The van der Waals surface area contributed by atoms with E-state index in [0.29, 0.717) is 17.6 Å². The second kappa shape index (κ2) is 7.11. The minimum Gasteiger partial charge on any atom is -0.309 e. The van der Waals surface area contributed by atoms with E-state index >= 15 is 0 Å². The van der Waals surface area contributed by atoms with Crippen molar-refractivity contribution in [3.05, 3.63) is 72.4 Å². The molecule has 4 nitrogen and oxygen atoms in total. The lowest BCUT2D eigenvalue weighted by atomic mass is 10.2. The highest BCUT2D eigenvalue weighted by atomic mass is 79.9. The van der Waals surface area contributed by atoms with E-state index in [0.717, 1.165) is 15.6 Å². The van der Waals surface area contributed by atoms with Crippen molar-refractivity contribution in [1.82, 2.24) is 5.32 Å². The predicted molar refractivity (Wildman–Crippen MR) is 85.4 cm³/mol. The number of nitro benzene ring substituents is 1. The van der Waals surface area contributed by atoms with Crippen molar-refractivity contribution in [3.63, 3.8) is 0 Å². The van der Waals surface area contributed by atoms with E-state index in [1.807, 2.05) is 0 Å². The van der Waals surface area contributed by atoms with Gasteiger partial charge >= 0.3 is 0 Å². The van der Waals surface area contributed by atoms with Crippen molar-refractivity contribution >= 4 is 37.5 Å². The highest BCUT2D eigenvalue weighted by Gasteiger charge is 2.12. The number of hydrogen-bond donors (Lipinski definition) is 1. The Morgan fingerprint density at radius 3 is 2.52 bits per heavy atom. The Morgan fingerprint density at radius 2 is 1.81 bits per heavy atom. The van der Waals surface area contributed by atoms with E-state index < -0.39 is 4.92 Å². The fourth-order valence-corrected chi connectivity index (χ4v) is 2.61. The Labute approximate surface area is 137 Å². The first-order valence-electron chi connectivity index (χ1n) is 6.05. The minimum absolute atomic E-state index is 0.0289. The molecule has 0 saturated carbocycles. The van der Waals surface area contributed by atoms with Crippen LogP contribution in [-0.2, 0) is 13.1 Å². The van der Waals surface area contributed by atoms with Crippen LogP contribution in [-0.4, -0.2) is 4.92 Å². The molecule has 0 saturated heterocycles. The minimum atomic E-state index is -0.434. The summed E-state index contributed by atoms with van der Waals surface area (Å²) in [5.74, 6) is -0.297. The summed E-state index contributed by atoms with van der Waals surface area (Å²) in [7, 11) is 0. The number of benzene rings is 2. The van der Waals surface area contributed by atoms with Crippen molar-refractivity contribution in [2.24, 2.45) is 0 Å².